The zero-order chi connectivity index (χ0) is 11.4. The van der Waals surface area contributed by atoms with Crippen LogP contribution in [-0.4, -0.2) is 5.78 Å². The van der Waals surface area contributed by atoms with Gasteiger partial charge in [-0.25, -0.2) is 0 Å². The molecule has 0 bridgehead atoms. The molecule has 82 valence electrons. The first kappa shape index (κ1) is 13.4. The van der Waals surface area contributed by atoms with Gasteiger partial charge in [0.1, 0.15) is 5.78 Å². The van der Waals surface area contributed by atoms with Gasteiger partial charge in [0, 0.05) is 12.3 Å². The highest BCUT2D eigenvalue weighted by molar-refractivity contribution is 5.81. The molecule has 0 aromatic carbocycles. The lowest BCUT2D eigenvalue weighted by Crippen LogP contribution is -2.18. The molecule has 0 aliphatic carbocycles. The van der Waals surface area contributed by atoms with Crippen molar-refractivity contribution in [3.63, 3.8) is 0 Å². The van der Waals surface area contributed by atoms with Crippen molar-refractivity contribution in [1.82, 2.24) is 0 Å². The summed E-state index contributed by atoms with van der Waals surface area (Å²) in [6.07, 6.45) is 4.99. The molecule has 0 unspecified atom stereocenters. The van der Waals surface area contributed by atoms with E-state index in [1.165, 1.54) is 0 Å². The second kappa shape index (κ2) is 5.33. The molecule has 0 aliphatic heterocycles. The van der Waals surface area contributed by atoms with E-state index < -0.39 is 0 Å². The summed E-state index contributed by atoms with van der Waals surface area (Å²) in [6, 6.07) is 0. The average Bonchev–Trinajstić information content (AvgIpc) is 2.00. The van der Waals surface area contributed by atoms with Gasteiger partial charge in [0.05, 0.1) is 0 Å². The molecule has 0 radical (unpaired) electrons. The van der Waals surface area contributed by atoms with Crippen LogP contribution in [0.15, 0.2) is 12.2 Å². The molecule has 0 fully saturated rings. The number of Topliss-reactive ketones (excluding diaryl/α,β-unsaturated/α-hetero) is 1. The second-order valence-corrected chi connectivity index (χ2v) is 5.39. The van der Waals surface area contributed by atoms with Crippen LogP contribution >= 0.6 is 0 Å². The topological polar surface area (TPSA) is 17.1 Å². The molecule has 0 spiro atoms. The number of hydrogen-bond donors (Lipinski definition) is 0. The van der Waals surface area contributed by atoms with E-state index >= 15 is 0 Å². The standard InChI is InChI=1S/C13H24O/c1-10(2)7-8-13(5,6)9-12(14)11(3)4/h7-8,10-11H,9H2,1-6H3/b8-7-. The maximum Gasteiger partial charge on any atom is 0.136 e. The highest BCUT2D eigenvalue weighted by Gasteiger charge is 2.20. The van der Waals surface area contributed by atoms with Crippen molar-refractivity contribution in [3.8, 4) is 0 Å². The van der Waals surface area contributed by atoms with Gasteiger partial charge in [-0.2, -0.15) is 0 Å². The van der Waals surface area contributed by atoms with Crippen LogP contribution in [0.25, 0.3) is 0 Å². The van der Waals surface area contributed by atoms with E-state index in [2.05, 4.69) is 39.8 Å². The van der Waals surface area contributed by atoms with Crippen LogP contribution in [0.3, 0.4) is 0 Å². The van der Waals surface area contributed by atoms with Crippen molar-refractivity contribution in [2.45, 2.75) is 48.0 Å². The molecule has 0 saturated carbocycles. The van der Waals surface area contributed by atoms with Crippen molar-refractivity contribution in [2.24, 2.45) is 17.3 Å². The zero-order valence-electron chi connectivity index (χ0n) is 10.4. The Hall–Kier alpha value is -0.590. The third-order valence-corrected chi connectivity index (χ3v) is 2.21. The lowest BCUT2D eigenvalue weighted by atomic mass is 9.83. The van der Waals surface area contributed by atoms with Crippen LogP contribution in [0.2, 0.25) is 0 Å². The van der Waals surface area contributed by atoms with Gasteiger partial charge in [0.25, 0.3) is 0 Å². The Morgan fingerprint density at radius 1 is 1.21 bits per heavy atom. The lowest BCUT2D eigenvalue weighted by Gasteiger charge is -2.20. The fourth-order valence-electron chi connectivity index (χ4n) is 1.17. The van der Waals surface area contributed by atoms with Crippen LogP contribution in [-0.2, 0) is 4.79 Å². The number of carbonyl (C=O) groups is 1. The Morgan fingerprint density at radius 2 is 1.71 bits per heavy atom. The van der Waals surface area contributed by atoms with Gasteiger partial charge in [-0.3, -0.25) is 4.79 Å². The van der Waals surface area contributed by atoms with Crippen LogP contribution in [0.5, 0.6) is 0 Å². The summed E-state index contributed by atoms with van der Waals surface area (Å²) in [5.41, 5.74) is 0.00558. The van der Waals surface area contributed by atoms with Crippen LogP contribution < -0.4 is 0 Å². The minimum absolute atomic E-state index is 0.00558. The summed E-state index contributed by atoms with van der Waals surface area (Å²) >= 11 is 0. The van der Waals surface area contributed by atoms with E-state index in [0.29, 0.717) is 18.1 Å². The summed E-state index contributed by atoms with van der Waals surface area (Å²) in [7, 11) is 0. The predicted molar refractivity (Wildman–Crippen MR) is 62.2 cm³/mol. The number of hydrogen-bond acceptors (Lipinski definition) is 1. The van der Waals surface area contributed by atoms with E-state index in [1.807, 2.05) is 13.8 Å². The Morgan fingerprint density at radius 3 is 2.07 bits per heavy atom. The quantitative estimate of drug-likeness (QED) is 0.611. The maximum atomic E-state index is 11.6. The van der Waals surface area contributed by atoms with Gasteiger partial charge in [-0.1, -0.05) is 53.7 Å². The van der Waals surface area contributed by atoms with Crippen molar-refractivity contribution < 1.29 is 4.79 Å². The minimum atomic E-state index is 0.00558. The normalized spacial score (nSPS) is 13.1. The third-order valence-electron chi connectivity index (χ3n) is 2.21. The lowest BCUT2D eigenvalue weighted by molar-refractivity contribution is -0.123. The second-order valence-electron chi connectivity index (χ2n) is 5.39. The Labute approximate surface area is 88.6 Å². The molecular formula is C13H24O. The molecule has 0 amide bonds. The first-order chi connectivity index (χ1) is 6.24. The van der Waals surface area contributed by atoms with Crippen molar-refractivity contribution >= 4 is 5.78 Å². The number of ketones is 1. The summed E-state index contributed by atoms with van der Waals surface area (Å²) in [5.74, 6) is 1.06. The van der Waals surface area contributed by atoms with Gasteiger partial charge in [0.15, 0.2) is 0 Å². The molecule has 14 heavy (non-hydrogen) atoms. The van der Waals surface area contributed by atoms with E-state index in [9.17, 15) is 4.79 Å². The van der Waals surface area contributed by atoms with Crippen LogP contribution in [0.1, 0.15) is 48.0 Å². The molecule has 0 aromatic heterocycles. The summed E-state index contributed by atoms with van der Waals surface area (Å²) < 4.78 is 0. The van der Waals surface area contributed by atoms with Gasteiger partial charge < -0.3 is 0 Å². The summed E-state index contributed by atoms with van der Waals surface area (Å²) in [5, 5.41) is 0. The Kier molecular flexibility index (Phi) is 5.11. The maximum absolute atomic E-state index is 11.6. The molecule has 0 heterocycles. The minimum Gasteiger partial charge on any atom is -0.299 e. The predicted octanol–water partition coefficient (Wildman–Crippen LogP) is 3.84. The third kappa shape index (κ3) is 5.95. The number of allylic oxidation sites excluding steroid dienone is 2. The number of rotatable bonds is 5. The molecule has 0 aliphatic rings. The zero-order valence-corrected chi connectivity index (χ0v) is 10.4. The molecule has 0 atom stereocenters. The molecular weight excluding hydrogens is 172 g/mol. The average molecular weight is 196 g/mol. The highest BCUT2D eigenvalue weighted by Crippen LogP contribution is 2.24. The molecule has 1 heteroatoms. The van der Waals surface area contributed by atoms with Gasteiger partial charge in [0.2, 0.25) is 0 Å². The Balaban J connectivity index is 4.27. The fourth-order valence-corrected chi connectivity index (χ4v) is 1.17. The Bertz CT molecular complexity index is 209. The first-order valence-electron chi connectivity index (χ1n) is 5.46. The molecule has 0 N–H and O–H groups in total. The largest absolute Gasteiger partial charge is 0.299 e. The molecule has 0 aromatic rings. The molecule has 0 rings (SSSR count). The smallest absolute Gasteiger partial charge is 0.136 e. The first-order valence-corrected chi connectivity index (χ1v) is 5.46. The van der Waals surface area contributed by atoms with E-state index in [-0.39, 0.29) is 11.3 Å². The van der Waals surface area contributed by atoms with Gasteiger partial charge in [-0.15, -0.1) is 0 Å². The van der Waals surface area contributed by atoms with Gasteiger partial charge >= 0.3 is 0 Å². The summed E-state index contributed by atoms with van der Waals surface area (Å²) in [4.78, 5) is 11.6. The monoisotopic (exact) mass is 196 g/mol. The SMILES string of the molecule is CC(C)/C=C\C(C)(C)CC(=O)C(C)C. The van der Waals surface area contributed by atoms with Crippen molar-refractivity contribution in [1.29, 1.82) is 0 Å². The van der Waals surface area contributed by atoms with E-state index in [0.717, 1.165) is 0 Å². The van der Waals surface area contributed by atoms with E-state index in [1.54, 1.807) is 0 Å². The van der Waals surface area contributed by atoms with Crippen molar-refractivity contribution in [3.05, 3.63) is 12.2 Å². The highest BCUT2D eigenvalue weighted by atomic mass is 16.1. The van der Waals surface area contributed by atoms with Crippen LogP contribution in [0, 0.1) is 17.3 Å². The molecule has 1 nitrogen and oxygen atoms in total. The van der Waals surface area contributed by atoms with Gasteiger partial charge in [-0.05, 0) is 11.3 Å². The number of carbonyl (C=O) groups excluding carboxylic acids is 1. The summed E-state index contributed by atoms with van der Waals surface area (Å²) in [6.45, 7) is 12.5. The van der Waals surface area contributed by atoms with Crippen molar-refractivity contribution in [2.75, 3.05) is 0 Å². The van der Waals surface area contributed by atoms with E-state index in [4.69, 9.17) is 0 Å². The molecule has 0 saturated heterocycles. The van der Waals surface area contributed by atoms with Crippen LogP contribution in [0.4, 0.5) is 0 Å². The fraction of sp³-hybridized carbons (Fsp3) is 0.769.